The standard InChI is InChI=1S/C22H16ClNO3S/c23-21-12-6-4-9-18(21)16-27-22-13-7-5-8-17(22)14-20(15-24)28(25,26)19-10-2-1-3-11-19/h1-14H,16H2/b20-14-. The van der Waals surface area contributed by atoms with Crippen molar-refractivity contribution in [2.24, 2.45) is 0 Å². The topological polar surface area (TPSA) is 67.2 Å². The van der Waals surface area contributed by atoms with Gasteiger partial charge in [-0.3, -0.25) is 0 Å². The Kier molecular flexibility index (Phi) is 6.15. The number of halogens is 1. The average molecular weight is 410 g/mol. The molecule has 0 N–H and O–H groups in total. The second-order valence-electron chi connectivity index (χ2n) is 5.85. The van der Waals surface area contributed by atoms with Gasteiger partial charge < -0.3 is 4.74 Å². The van der Waals surface area contributed by atoms with Gasteiger partial charge in [0.1, 0.15) is 23.3 Å². The molecule has 0 aromatic heterocycles. The molecule has 3 aromatic carbocycles. The molecule has 0 atom stereocenters. The first-order valence-corrected chi connectivity index (χ1v) is 10.3. The second-order valence-corrected chi connectivity index (χ2v) is 8.18. The third-order valence-corrected chi connectivity index (χ3v) is 6.05. The Labute approximate surface area is 169 Å². The highest BCUT2D eigenvalue weighted by Crippen LogP contribution is 2.27. The van der Waals surface area contributed by atoms with E-state index in [2.05, 4.69) is 0 Å². The fourth-order valence-electron chi connectivity index (χ4n) is 2.54. The fourth-order valence-corrected chi connectivity index (χ4v) is 3.90. The Morgan fingerprint density at radius 1 is 0.964 bits per heavy atom. The Morgan fingerprint density at radius 2 is 1.61 bits per heavy atom. The van der Waals surface area contributed by atoms with Crippen LogP contribution in [0.1, 0.15) is 11.1 Å². The van der Waals surface area contributed by atoms with Gasteiger partial charge in [0.15, 0.2) is 0 Å². The monoisotopic (exact) mass is 409 g/mol. The number of hydrogen-bond donors (Lipinski definition) is 0. The molecule has 6 heteroatoms. The zero-order valence-electron chi connectivity index (χ0n) is 14.7. The van der Waals surface area contributed by atoms with E-state index in [-0.39, 0.29) is 16.4 Å². The van der Waals surface area contributed by atoms with Crippen LogP contribution in [0.2, 0.25) is 5.02 Å². The van der Waals surface area contributed by atoms with Crippen LogP contribution in [-0.2, 0) is 16.4 Å². The first kappa shape index (κ1) is 19.7. The van der Waals surface area contributed by atoms with Gasteiger partial charge in [0, 0.05) is 16.1 Å². The summed E-state index contributed by atoms with van der Waals surface area (Å²) in [6, 6.07) is 23.9. The minimum Gasteiger partial charge on any atom is -0.488 e. The highest BCUT2D eigenvalue weighted by Gasteiger charge is 2.21. The van der Waals surface area contributed by atoms with E-state index in [0.29, 0.717) is 16.3 Å². The number of para-hydroxylation sites is 1. The molecule has 0 amide bonds. The number of hydrogen-bond acceptors (Lipinski definition) is 4. The summed E-state index contributed by atoms with van der Waals surface area (Å²) < 4.78 is 31.3. The van der Waals surface area contributed by atoms with Crippen molar-refractivity contribution in [1.82, 2.24) is 0 Å². The molecule has 0 aliphatic heterocycles. The summed E-state index contributed by atoms with van der Waals surface area (Å²) in [5.41, 5.74) is 1.30. The zero-order valence-corrected chi connectivity index (χ0v) is 16.3. The van der Waals surface area contributed by atoms with Gasteiger partial charge in [-0.15, -0.1) is 0 Å². The van der Waals surface area contributed by atoms with Crippen LogP contribution in [-0.4, -0.2) is 8.42 Å². The van der Waals surface area contributed by atoms with E-state index in [1.54, 1.807) is 54.6 Å². The van der Waals surface area contributed by atoms with Crippen molar-refractivity contribution < 1.29 is 13.2 Å². The molecule has 0 radical (unpaired) electrons. The summed E-state index contributed by atoms with van der Waals surface area (Å²) in [6.45, 7) is 0.220. The van der Waals surface area contributed by atoms with Crippen LogP contribution >= 0.6 is 11.6 Å². The lowest BCUT2D eigenvalue weighted by molar-refractivity contribution is 0.305. The van der Waals surface area contributed by atoms with E-state index in [9.17, 15) is 13.7 Å². The molecular formula is C22H16ClNO3S. The van der Waals surface area contributed by atoms with Crippen molar-refractivity contribution in [2.75, 3.05) is 0 Å². The molecule has 0 aliphatic carbocycles. The Hall–Kier alpha value is -3.07. The molecule has 0 aliphatic rings. The van der Waals surface area contributed by atoms with Gasteiger partial charge in [-0.25, -0.2) is 8.42 Å². The minimum atomic E-state index is -3.92. The molecule has 3 rings (SSSR count). The first-order valence-electron chi connectivity index (χ1n) is 8.39. The predicted octanol–water partition coefficient (Wildman–Crippen LogP) is 5.26. The van der Waals surface area contributed by atoms with Crippen LogP contribution in [0.5, 0.6) is 5.75 Å². The summed E-state index contributed by atoms with van der Waals surface area (Å²) in [6.07, 6.45) is 1.32. The minimum absolute atomic E-state index is 0.0669. The summed E-state index contributed by atoms with van der Waals surface area (Å²) in [5, 5.41) is 10.0. The lowest BCUT2D eigenvalue weighted by Gasteiger charge is -2.11. The highest BCUT2D eigenvalue weighted by molar-refractivity contribution is 7.95. The Balaban J connectivity index is 1.93. The van der Waals surface area contributed by atoms with Crippen molar-refractivity contribution >= 4 is 27.5 Å². The molecular weight excluding hydrogens is 394 g/mol. The van der Waals surface area contributed by atoms with Crippen LogP contribution in [0, 0.1) is 11.3 Å². The molecule has 0 spiro atoms. The van der Waals surface area contributed by atoms with Gasteiger partial charge in [0.2, 0.25) is 9.84 Å². The maximum absolute atomic E-state index is 12.8. The predicted molar refractivity (Wildman–Crippen MR) is 109 cm³/mol. The van der Waals surface area contributed by atoms with Crippen LogP contribution in [0.4, 0.5) is 0 Å². The summed E-state index contributed by atoms with van der Waals surface area (Å²) in [4.78, 5) is -0.287. The van der Waals surface area contributed by atoms with Crippen molar-refractivity contribution in [3.8, 4) is 11.8 Å². The first-order chi connectivity index (χ1) is 13.5. The second kappa shape index (κ2) is 8.75. The number of nitrogens with zero attached hydrogens (tertiary/aromatic N) is 1. The number of rotatable bonds is 6. The van der Waals surface area contributed by atoms with E-state index in [0.717, 1.165) is 5.56 Å². The number of benzene rings is 3. The summed E-state index contributed by atoms with van der Waals surface area (Å²) in [5.74, 6) is 0.457. The number of sulfone groups is 1. The maximum Gasteiger partial charge on any atom is 0.216 e. The Bertz CT molecular complexity index is 1150. The average Bonchev–Trinajstić information content (AvgIpc) is 2.72. The van der Waals surface area contributed by atoms with Crippen LogP contribution in [0.15, 0.2) is 88.7 Å². The van der Waals surface area contributed by atoms with Gasteiger partial charge in [-0.2, -0.15) is 5.26 Å². The molecule has 0 heterocycles. The molecule has 0 saturated heterocycles. The molecule has 0 fully saturated rings. The molecule has 140 valence electrons. The van der Waals surface area contributed by atoms with Gasteiger partial charge in [0.25, 0.3) is 0 Å². The van der Waals surface area contributed by atoms with Gasteiger partial charge in [-0.1, -0.05) is 66.2 Å². The van der Waals surface area contributed by atoms with E-state index in [4.69, 9.17) is 16.3 Å². The molecule has 3 aromatic rings. The smallest absolute Gasteiger partial charge is 0.216 e. The lowest BCUT2D eigenvalue weighted by Crippen LogP contribution is -2.04. The number of ether oxygens (including phenoxy) is 1. The SMILES string of the molecule is N#C/C(=C/c1ccccc1OCc1ccccc1Cl)S(=O)(=O)c1ccccc1. The van der Waals surface area contributed by atoms with Crippen LogP contribution < -0.4 is 4.74 Å². The Morgan fingerprint density at radius 3 is 2.32 bits per heavy atom. The van der Waals surface area contributed by atoms with Gasteiger partial charge in [-0.05, 0) is 30.3 Å². The van der Waals surface area contributed by atoms with Crippen LogP contribution in [0.3, 0.4) is 0 Å². The zero-order chi connectivity index (χ0) is 20.0. The van der Waals surface area contributed by atoms with E-state index >= 15 is 0 Å². The van der Waals surface area contributed by atoms with E-state index in [1.165, 1.54) is 18.2 Å². The van der Waals surface area contributed by atoms with E-state index in [1.807, 2.05) is 18.2 Å². The molecule has 4 nitrogen and oxygen atoms in total. The maximum atomic E-state index is 12.8. The lowest BCUT2D eigenvalue weighted by atomic mass is 10.2. The largest absolute Gasteiger partial charge is 0.488 e. The normalized spacial score (nSPS) is 11.6. The van der Waals surface area contributed by atoms with Crippen molar-refractivity contribution in [3.05, 3.63) is 99.9 Å². The third-order valence-electron chi connectivity index (χ3n) is 4.00. The van der Waals surface area contributed by atoms with Crippen molar-refractivity contribution in [2.45, 2.75) is 11.5 Å². The fraction of sp³-hybridized carbons (Fsp3) is 0.0455. The quantitative estimate of drug-likeness (QED) is 0.521. The van der Waals surface area contributed by atoms with Crippen molar-refractivity contribution in [1.29, 1.82) is 5.26 Å². The van der Waals surface area contributed by atoms with Gasteiger partial charge >= 0.3 is 0 Å². The van der Waals surface area contributed by atoms with E-state index < -0.39 is 9.84 Å². The number of allylic oxidation sites excluding steroid dienone is 1. The molecule has 28 heavy (non-hydrogen) atoms. The van der Waals surface area contributed by atoms with Crippen LogP contribution in [0.25, 0.3) is 6.08 Å². The molecule has 0 saturated carbocycles. The molecule has 0 bridgehead atoms. The van der Waals surface area contributed by atoms with Gasteiger partial charge in [0.05, 0.1) is 4.90 Å². The number of nitriles is 1. The summed E-state index contributed by atoms with van der Waals surface area (Å²) >= 11 is 6.15. The highest BCUT2D eigenvalue weighted by atomic mass is 35.5. The third kappa shape index (κ3) is 4.42. The molecule has 0 unspecified atom stereocenters. The summed E-state index contributed by atoms with van der Waals surface area (Å²) in [7, 11) is -3.92. The van der Waals surface area contributed by atoms with Crippen molar-refractivity contribution in [3.63, 3.8) is 0 Å².